The second kappa shape index (κ2) is 6.09. The SMILES string of the molecule is C#CCON1C(=C)C(I)=CC(C)=C1c1ccccc1. The molecule has 0 atom stereocenters. The maximum absolute atomic E-state index is 5.65. The van der Waals surface area contributed by atoms with Gasteiger partial charge in [0.1, 0.15) is 6.61 Å². The standard InChI is InChI=1S/C16H14INO/c1-4-10-19-18-13(3)15(17)11-12(2)16(18)14-8-6-5-7-9-14/h1,5-9,11H,3,10H2,2H3. The molecule has 1 aliphatic rings. The Balaban J connectivity index is 2.48. The Morgan fingerprint density at radius 1 is 1.37 bits per heavy atom. The van der Waals surface area contributed by atoms with Gasteiger partial charge in [0.15, 0.2) is 0 Å². The first-order chi connectivity index (χ1) is 9.15. The van der Waals surface area contributed by atoms with Crippen molar-refractivity contribution in [2.24, 2.45) is 0 Å². The van der Waals surface area contributed by atoms with Crippen LogP contribution in [0.4, 0.5) is 0 Å². The molecular weight excluding hydrogens is 349 g/mol. The van der Waals surface area contributed by atoms with Gasteiger partial charge in [-0.1, -0.05) is 42.8 Å². The van der Waals surface area contributed by atoms with Crippen molar-refractivity contribution in [3.05, 3.63) is 63.4 Å². The fourth-order valence-corrected chi connectivity index (χ4v) is 2.61. The van der Waals surface area contributed by atoms with Gasteiger partial charge in [-0.25, -0.2) is 5.06 Å². The highest BCUT2D eigenvalue weighted by Crippen LogP contribution is 2.37. The predicted octanol–water partition coefficient (Wildman–Crippen LogP) is 4.13. The Morgan fingerprint density at radius 2 is 2.05 bits per heavy atom. The fraction of sp³-hybridized carbons (Fsp3) is 0.125. The molecule has 0 radical (unpaired) electrons. The number of terminal acetylenes is 1. The van der Waals surface area contributed by atoms with E-state index in [9.17, 15) is 0 Å². The Kier molecular flexibility index (Phi) is 4.46. The van der Waals surface area contributed by atoms with E-state index in [1.165, 1.54) is 0 Å². The van der Waals surface area contributed by atoms with E-state index in [1.807, 2.05) is 30.3 Å². The van der Waals surface area contributed by atoms with Gasteiger partial charge in [-0.05, 0) is 41.2 Å². The zero-order valence-corrected chi connectivity index (χ0v) is 12.8. The molecule has 0 bridgehead atoms. The number of hydrogen-bond acceptors (Lipinski definition) is 2. The van der Waals surface area contributed by atoms with Gasteiger partial charge in [-0.3, -0.25) is 4.84 Å². The molecule has 0 spiro atoms. The van der Waals surface area contributed by atoms with Gasteiger partial charge in [0.25, 0.3) is 0 Å². The van der Waals surface area contributed by atoms with Crippen LogP contribution in [0, 0.1) is 12.3 Å². The van der Waals surface area contributed by atoms with Crippen molar-refractivity contribution in [2.45, 2.75) is 6.92 Å². The largest absolute Gasteiger partial charge is 0.256 e. The van der Waals surface area contributed by atoms with Crippen LogP contribution in [0.15, 0.2) is 57.8 Å². The zero-order valence-electron chi connectivity index (χ0n) is 10.7. The van der Waals surface area contributed by atoms with Gasteiger partial charge in [-0.15, -0.1) is 6.42 Å². The lowest BCUT2D eigenvalue weighted by atomic mass is 10.0. The summed E-state index contributed by atoms with van der Waals surface area (Å²) in [6, 6.07) is 10.1. The molecular formula is C16H14INO. The first-order valence-electron chi connectivity index (χ1n) is 5.84. The van der Waals surface area contributed by atoms with E-state index in [1.54, 1.807) is 5.06 Å². The summed E-state index contributed by atoms with van der Waals surface area (Å²) in [5.41, 5.74) is 4.00. The van der Waals surface area contributed by atoms with Gasteiger partial charge in [0, 0.05) is 9.14 Å². The summed E-state index contributed by atoms with van der Waals surface area (Å²) < 4.78 is 1.05. The van der Waals surface area contributed by atoms with Crippen molar-refractivity contribution in [3.8, 4) is 12.3 Å². The highest BCUT2D eigenvalue weighted by atomic mass is 127. The van der Waals surface area contributed by atoms with Gasteiger partial charge in [0.05, 0.1) is 11.4 Å². The number of hydrogen-bond donors (Lipinski definition) is 0. The molecule has 0 N–H and O–H groups in total. The summed E-state index contributed by atoms with van der Waals surface area (Å²) in [6.45, 7) is 6.33. The van der Waals surface area contributed by atoms with Crippen LogP contribution < -0.4 is 0 Å². The number of rotatable bonds is 3. The third kappa shape index (κ3) is 2.91. The zero-order chi connectivity index (χ0) is 13.8. The van der Waals surface area contributed by atoms with Crippen molar-refractivity contribution >= 4 is 28.3 Å². The number of hydroxylamine groups is 2. The van der Waals surface area contributed by atoms with Crippen LogP contribution in [0.5, 0.6) is 0 Å². The fourth-order valence-electron chi connectivity index (χ4n) is 1.92. The molecule has 0 aromatic heterocycles. The number of allylic oxidation sites excluding steroid dienone is 3. The molecule has 2 nitrogen and oxygen atoms in total. The minimum Gasteiger partial charge on any atom is -0.256 e. The van der Waals surface area contributed by atoms with Crippen molar-refractivity contribution in [1.29, 1.82) is 0 Å². The summed E-state index contributed by atoms with van der Waals surface area (Å²) in [5.74, 6) is 2.49. The van der Waals surface area contributed by atoms with Crippen LogP contribution in [0.25, 0.3) is 5.70 Å². The van der Waals surface area contributed by atoms with Crippen LogP contribution in [0.2, 0.25) is 0 Å². The second-order valence-electron chi connectivity index (χ2n) is 4.11. The summed E-state index contributed by atoms with van der Waals surface area (Å²) in [5, 5.41) is 1.73. The van der Waals surface area contributed by atoms with E-state index in [2.05, 4.69) is 48.1 Å². The molecule has 2 rings (SSSR count). The van der Waals surface area contributed by atoms with Crippen molar-refractivity contribution in [1.82, 2.24) is 5.06 Å². The van der Waals surface area contributed by atoms with Crippen molar-refractivity contribution < 1.29 is 4.84 Å². The van der Waals surface area contributed by atoms with E-state index >= 15 is 0 Å². The minimum absolute atomic E-state index is 0.215. The molecule has 0 saturated carbocycles. The molecule has 3 heteroatoms. The summed E-state index contributed by atoms with van der Waals surface area (Å²) in [7, 11) is 0. The number of benzene rings is 1. The minimum atomic E-state index is 0.215. The Morgan fingerprint density at radius 3 is 2.68 bits per heavy atom. The number of nitrogens with zero attached hydrogens (tertiary/aromatic N) is 1. The first-order valence-corrected chi connectivity index (χ1v) is 6.92. The van der Waals surface area contributed by atoms with Gasteiger partial charge < -0.3 is 0 Å². The van der Waals surface area contributed by atoms with E-state index < -0.39 is 0 Å². The molecule has 19 heavy (non-hydrogen) atoms. The molecule has 0 amide bonds. The lowest BCUT2D eigenvalue weighted by Gasteiger charge is -2.31. The van der Waals surface area contributed by atoms with Crippen LogP contribution in [-0.4, -0.2) is 11.7 Å². The maximum Gasteiger partial charge on any atom is 0.136 e. The Labute approximate surface area is 127 Å². The number of halogens is 1. The molecule has 1 heterocycles. The molecule has 0 fully saturated rings. The van der Waals surface area contributed by atoms with E-state index in [0.717, 1.165) is 26.1 Å². The average molecular weight is 363 g/mol. The summed E-state index contributed by atoms with van der Waals surface area (Å²) in [6.07, 6.45) is 7.38. The van der Waals surface area contributed by atoms with Crippen LogP contribution in [0.3, 0.4) is 0 Å². The molecule has 1 aromatic rings. The molecule has 0 unspecified atom stereocenters. The second-order valence-corrected chi connectivity index (χ2v) is 5.27. The van der Waals surface area contributed by atoms with Crippen molar-refractivity contribution in [3.63, 3.8) is 0 Å². The monoisotopic (exact) mass is 363 g/mol. The Hall–Kier alpha value is -1.51. The topological polar surface area (TPSA) is 12.5 Å². The molecule has 1 aromatic carbocycles. The molecule has 0 saturated heterocycles. The van der Waals surface area contributed by atoms with Gasteiger partial charge in [-0.2, -0.15) is 0 Å². The smallest absolute Gasteiger partial charge is 0.136 e. The third-order valence-corrected chi connectivity index (χ3v) is 3.70. The maximum atomic E-state index is 5.65. The van der Waals surface area contributed by atoms with Gasteiger partial charge in [0.2, 0.25) is 0 Å². The van der Waals surface area contributed by atoms with E-state index in [4.69, 9.17) is 11.3 Å². The average Bonchev–Trinajstić information content (AvgIpc) is 2.42. The summed E-state index contributed by atoms with van der Waals surface area (Å²) >= 11 is 2.25. The van der Waals surface area contributed by atoms with Gasteiger partial charge >= 0.3 is 0 Å². The first kappa shape index (κ1) is 13.9. The predicted molar refractivity (Wildman–Crippen MR) is 86.9 cm³/mol. The molecule has 96 valence electrons. The highest BCUT2D eigenvalue weighted by molar-refractivity contribution is 14.1. The Bertz CT molecular complexity index is 593. The third-order valence-electron chi connectivity index (χ3n) is 2.76. The van der Waals surface area contributed by atoms with E-state index in [0.29, 0.717) is 0 Å². The lowest BCUT2D eigenvalue weighted by Crippen LogP contribution is -2.25. The highest BCUT2D eigenvalue weighted by Gasteiger charge is 2.23. The molecule has 1 aliphatic heterocycles. The van der Waals surface area contributed by atoms with Crippen LogP contribution >= 0.6 is 22.6 Å². The van der Waals surface area contributed by atoms with Crippen LogP contribution in [-0.2, 0) is 4.84 Å². The molecule has 0 aliphatic carbocycles. The lowest BCUT2D eigenvalue weighted by molar-refractivity contribution is -0.0616. The normalized spacial score (nSPS) is 15.3. The van der Waals surface area contributed by atoms with Crippen LogP contribution in [0.1, 0.15) is 12.5 Å². The quantitative estimate of drug-likeness (QED) is 0.592. The van der Waals surface area contributed by atoms with Crippen molar-refractivity contribution in [2.75, 3.05) is 6.61 Å². The summed E-state index contributed by atoms with van der Waals surface area (Å²) in [4.78, 5) is 5.65. The van der Waals surface area contributed by atoms with E-state index in [-0.39, 0.29) is 6.61 Å².